The van der Waals surface area contributed by atoms with E-state index in [2.05, 4.69) is 0 Å². The summed E-state index contributed by atoms with van der Waals surface area (Å²) in [7, 11) is 3.14. The quantitative estimate of drug-likeness (QED) is 0.325. The predicted octanol–water partition coefficient (Wildman–Crippen LogP) is 6.10. The molecule has 3 aromatic rings. The molecule has 0 atom stereocenters. The van der Waals surface area contributed by atoms with Crippen LogP contribution in [0.3, 0.4) is 0 Å². The van der Waals surface area contributed by atoms with E-state index < -0.39 is 17.8 Å². The summed E-state index contributed by atoms with van der Waals surface area (Å²) in [5, 5.41) is 0.487. The molecule has 0 radical (unpaired) electrons. The highest BCUT2D eigenvalue weighted by Gasteiger charge is 2.50. The van der Waals surface area contributed by atoms with Crippen LogP contribution in [0, 0.1) is 11.8 Å². The molecular weight excluding hydrogens is 528 g/mol. The van der Waals surface area contributed by atoms with Crippen molar-refractivity contribution in [2.75, 3.05) is 14.2 Å². The average molecular weight is 559 g/mol. The summed E-state index contributed by atoms with van der Waals surface area (Å²) in [5.74, 6) is -3.28. The largest absolute Gasteiger partial charge is 0.497 e. The van der Waals surface area contributed by atoms with Gasteiger partial charge in [0, 0.05) is 36.6 Å². The molecule has 0 amide bonds. The Hall–Kier alpha value is -3.77. The Morgan fingerprint density at radius 2 is 1.02 bits per heavy atom. The Labute approximate surface area is 238 Å². The summed E-state index contributed by atoms with van der Waals surface area (Å²) in [5.41, 5.74) is 2.31. The minimum absolute atomic E-state index is 0.148. The normalized spacial score (nSPS) is 24.1. The molecule has 2 fully saturated rings. The van der Waals surface area contributed by atoms with Gasteiger partial charge in [-0.25, -0.2) is 0 Å². The van der Waals surface area contributed by atoms with Crippen molar-refractivity contribution in [2.45, 2.75) is 43.4 Å². The number of ether oxygens (including phenoxy) is 2. The van der Waals surface area contributed by atoms with E-state index in [-0.39, 0.29) is 60.7 Å². The number of Topliss-reactive ketones (excluding diaryl/α,β-unsaturated/α-hetero) is 4. The van der Waals surface area contributed by atoms with Crippen LogP contribution in [0.15, 0.2) is 72.8 Å². The molecule has 0 saturated heterocycles. The fourth-order valence-electron chi connectivity index (χ4n) is 6.31. The highest BCUT2D eigenvalue weighted by molar-refractivity contribution is 6.30. The van der Waals surface area contributed by atoms with Gasteiger partial charge in [0.15, 0.2) is 0 Å². The Bertz CT molecular complexity index is 1320. The van der Waals surface area contributed by atoms with Crippen molar-refractivity contribution in [1.29, 1.82) is 0 Å². The van der Waals surface area contributed by atoms with Crippen molar-refractivity contribution in [2.24, 2.45) is 11.8 Å². The number of carbonyl (C=O) groups is 4. The van der Waals surface area contributed by atoms with Crippen LogP contribution < -0.4 is 9.47 Å². The number of hydrogen-bond acceptors (Lipinski definition) is 6. The maximum Gasteiger partial charge on any atom is 0.144 e. The Kier molecular flexibility index (Phi) is 8.17. The Morgan fingerprint density at radius 3 is 1.40 bits per heavy atom. The number of halogens is 1. The summed E-state index contributed by atoms with van der Waals surface area (Å²) in [6, 6.07) is 21.5. The third-order valence-electron chi connectivity index (χ3n) is 8.28. The van der Waals surface area contributed by atoms with E-state index in [1.54, 1.807) is 38.5 Å². The molecule has 206 valence electrons. The van der Waals surface area contributed by atoms with E-state index in [4.69, 9.17) is 21.1 Å². The van der Waals surface area contributed by atoms with Gasteiger partial charge in [-0.05, 0) is 64.9 Å². The van der Waals surface area contributed by atoms with Gasteiger partial charge in [0.05, 0.1) is 26.1 Å². The van der Waals surface area contributed by atoms with Crippen molar-refractivity contribution in [3.63, 3.8) is 0 Å². The summed E-state index contributed by atoms with van der Waals surface area (Å²) >= 11 is 6.14. The second kappa shape index (κ2) is 11.8. The van der Waals surface area contributed by atoms with Gasteiger partial charge in [-0.15, -0.1) is 0 Å². The Morgan fingerprint density at radius 1 is 0.625 bits per heavy atom. The zero-order valence-electron chi connectivity index (χ0n) is 22.5. The van der Waals surface area contributed by atoms with E-state index in [1.807, 2.05) is 48.5 Å². The zero-order chi connectivity index (χ0) is 28.4. The Balaban J connectivity index is 1.46. The molecule has 0 N–H and O–H groups in total. The van der Waals surface area contributed by atoms with Gasteiger partial charge in [0.25, 0.3) is 0 Å². The minimum atomic E-state index is -1.07. The lowest BCUT2D eigenvalue weighted by molar-refractivity contribution is -0.142. The van der Waals surface area contributed by atoms with Crippen LogP contribution in [0.4, 0.5) is 0 Å². The summed E-state index contributed by atoms with van der Waals surface area (Å²) < 4.78 is 10.6. The molecule has 0 spiro atoms. The molecule has 2 aliphatic rings. The topological polar surface area (TPSA) is 86.7 Å². The van der Waals surface area contributed by atoms with Crippen LogP contribution >= 0.6 is 11.6 Å². The molecule has 40 heavy (non-hydrogen) atoms. The second-order valence-electron chi connectivity index (χ2n) is 10.7. The molecule has 0 aromatic heterocycles. The van der Waals surface area contributed by atoms with Crippen molar-refractivity contribution in [3.05, 3.63) is 94.5 Å². The van der Waals surface area contributed by atoms with Crippen molar-refractivity contribution in [3.8, 4) is 11.5 Å². The van der Waals surface area contributed by atoms with E-state index in [0.717, 1.165) is 11.1 Å². The van der Waals surface area contributed by atoms with Gasteiger partial charge < -0.3 is 9.47 Å². The number of rotatable bonds is 7. The predicted molar refractivity (Wildman–Crippen MR) is 151 cm³/mol. The number of carbonyl (C=O) groups excluding carboxylic acids is 4. The SMILES string of the molecule is COc1cccc(C2CC(=O)C(C(c3ccc(Cl)cc3)C3C(=O)CC(c4cccc(OC)c4)CC3=O)C(=O)C2)c1. The second-order valence-corrected chi connectivity index (χ2v) is 11.1. The molecule has 0 heterocycles. The number of methoxy groups -OCH3 is 2. The first-order chi connectivity index (χ1) is 19.3. The molecule has 6 nitrogen and oxygen atoms in total. The lowest BCUT2D eigenvalue weighted by Gasteiger charge is -2.38. The van der Waals surface area contributed by atoms with Crippen molar-refractivity contribution < 1.29 is 28.7 Å². The van der Waals surface area contributed by atoms with Gasteiger partial charge in [0.2, 0.25) is 0 Å². The molecule has 2 saturated carbocycles. The van der Waals surface area contributed by atoms with Gasteiger partial charge in [-0.3, -0.25) is 19.2 Å². The average Bonchev–Trinajstić information content (AvgIpc) is 2.96. The van der Waals surface area contributed by atoms with Crippen LogP contribution in [0.5, 0.6) is 11.5 Å². The minimum Gasteiger partial charge on any atom is -0.497 e. The molecule has 2 aliphatic carbocycles. The van der Waals surface area contributed by atoms with Gasteiger partial charge in [0.1, 0.15) is 34.6 Å². The standard InChI is InChI=1S/C33H31ClO6/c1-39-25-7-3-5-20(13-25)22-15-27(35)32(28(36)16-22)31(19-9-11-24(34)12-10-19)33-29(37)17-23(18-30(33)38)21-6-4-8-26(14-21)40-2/h3-14,22-23,31-33H,15-18H2,1-2H3. The van der Waals surface area contributed by atoms with Crippen molar-refractivity contribution >= 4 is 34.7 Å². The molecule has 5 rings (SSSR count). The van der Waals surface area contributed by atoms with Gasteiger partial charge >= 0.3 is 0 Å². The van der Waals surface area contributed by atoms with Crippen LogP contribution in [-0.2, 0) is 19.2 Å². The van der Waals surface area contributed by atoms with Gasteiger partial charge in [-0.2, -0.15) is 0 Å². The lowest BCUT2D eigenvalue weighted by Crippen LogP contribution is -2.45. The molecule has 0 unspecified atom stereocenters. The number of ketones is 4. The molecule has 0 bridgehead atoms. The fraction of sp³-hybridized carbons (Fsp3) is 0.333. The highest BCUT2D eigenvalue weighted by Crippen LogP contribution is 2.46. The number of benzene rings is 3. The molecular formula is C33H31ClO6. The maximum atomic E-state index is 13.7. The summed E-state index contributed by atoms with van der Waals surface area (Å²) in [4.78, 5) is 54.9. The van der Waals surface area contributed by atoms with Crippen LogP contribution in [0.1, 0.15) is 60.1 Å². The highest BCUT2D eigenvalue weighted by atomic mass is 35.5. The van der Waals surface area contributed by atoms with Crippen LogP contribution in [0.2, 0.25) is 5.02 Å². The maximum absolute atomic E-state index is 13.7. The molecule has 0 aliphatic heterocycles. The molecule has 3 aromatic carbocycles. The van der Waals surface area contributed by atoms with Gasteiger partial charge in [-0.1, -0.05) is 48.0 Å². The van der Waals surface area contributed by atoms with Crippen LogP contribution in [0.25, 0.3) is 0 Å². The third kappa shape index (κ3) is 5.59. The monoisotopic (exact) mass is 558 g/mol. The van der Waals surface area contributed by atoms with E-state index in [0.29, 0.717) is 22.1 Å². The van der Waals surface area contributed by atoms with Crippen molar-refractivity contribution in [1.82, 2.24) is 0 Å². The first-order valence-electron chi connectivity index (χ1n) is 13.4. The first kappa shape index (κ1) is 27.8. The smallest absolute Gasteiger partial charge is 0.144 e. The summed E-state index contributed by atoms with van der Waals surface area (Å²) in [6.45, 7) is 0. The number of hydrogen-bond donors (Lipinski definition) is 0. The summed E-state index contributed by atoms with van der Waals surface area (Å²) in [6.07, 6.45) is 0.592. The van der Waals surface area contributed by atoms with E-state index >= 15 is 0 Å². The first-order valence-corrected chi connectivity index (χ1v) is 13.8. The molecule has 7 heteroatoms. The third-order valence-corrected chi connectivity index (χ3v) is 8.53. The fourth-order valence-corrected chi connectivity index (χ4v) is 6.43. The lowest BCUT2D eigenvalue weighted by atomic mass is 9.62. The zero-order valence-corrected chi connectivity index (χ0v) is 23.2. The van der Waals surface area contributed by atoms with E-state index in [1.165, 1.54) is 0 Å². The van der Waals surface area contributed by atoms with Crippen LogP contribution in [-0.4, -0.2) is 37.4 Å². The van der Waals surface area contributed by atoms with E-state index in [9.17, 15) is 19.2 Å².